The molecule has 4 aliphatic carbocycles. The number of hydrogen-bond donors (Lipinski definition) is 7. The van der Waals surface area contributed by atoms with Crippen molar-refractivity contribution in [2.24, 2.45) is 57.1 Å². The van der Waals surface area contributed by atoms with E-state index in [0.29, 0.717) is 35.9 Å². The van der Waals surface area contributed by atoms with E-state index in [9.17, 15) is 0 Å². The van der Waals surface area contributed by atoms with Crippen molar-refractivity contribution in [1.82, 2.24) is 5.32 Å². The van der Waals surface area contributed by atoms with Crippen LogP contribution in [0.5, 0.6) is 0 Å². The van der Waals surface area contributed by atoms with E-state index in [2.05, 4.69) is 33.1 Å². The van der Waals surface area contributed by atoms with Crippen LogP contribution in [0.25, 0.3) is 0 Å². The van der Waals surface area contributed by atoms with Crippen molar-refractivity contribution in [3.63, 3.8) is 0 Å². The minimum Gasteiger partial charge on any atom is -0.396 e. The highest BCUT2D eigenvalue weighted by molar-refractivity contribution is 5.13. The summed E-state index contributed by atoms with van der Waals surface area (Å²) in [6, 6.07) is 0. The first-order valence-corrected chi connectivity index (χ1v) is 17.3. The van der Waals surface area contributed by atoms with Crippen molar-refractivity contribution in [1.29, 1.82) is 0 Å². The third kappa shape index (κ3) is 10.4. The lowest BCUT2D eigenvalue weighted by Gasteiger charge is -2.64. The molecule has 0 aromatic heterocycles. The van der Waals surface area contributed by atoms with E-state index >= 15 is 0 Å². The van der Waals surface area contributed by atoms with Crippen molar-refractivity contribution < 1.29 is 15.3 Å². The van der Waals surface area contributed by atoms with E-state index in [1.807, 2.05) is 0 Å². The van der Waals surface area contributed by atoms with Gasteiger partial charge in [-0.15, -0.1) is 0 Å². The molecule has 0 aromatic rings. The second-order valence-corrected chi connectivity index (χ2v) is 14.0. The summed E-state index contributed by atoms with van der Waals surface area (Å²) in [6.45, 7) is 11.8. The average molecular weight is 585 g/mol. The fourth-order valence-corrected chi connectivity index (χ4v) is 9.26. The second-order valence-electron chi connectivity index (χ2n) is 14.0. The molecular formula is C34H72N4O3. The number of hydrogen-bond acceptors (Lipinski definition) is 7. The smallest absolute Gasteiger partial charge is 0.0443 e. The maximum absolute atomic E-state index is 7.99. The molecule has 0 radical (unpaired) electrons. The van der Waals surface area contributed by atoms with E-state index in [0.717, 1.165) is 42.9 Å². The molecule has 7 nitrogen and oxygen atoms in total. The molecule has 0 aliphatic heterocycles. The SMILES string of the molecule is CNCCCC[C@H]1CCC2(C)C3CCC4CCCCC4(C)C3CCC12C.NCCCO.NCCCO.NCCCO. The summed E-state index contributed by atoms with van der Waals surface area (Å²) in [7, 11) is 2.09. The van der Waals surface area contributed by atoms with Crippen LogP contribution < -0.4 is 22.5 Å². The molecule has 246 valence electrons. The fourth-order valence-electron chi connectivity index (χ4n) is 9.26. The number of nitrogens with two attached hydrogens (primary N) is 3. The standard InChI is InChI=1S/C25H45N.3C3H9NO/c1-23-15-7-5-9-19(23)11-12-22-21(23)14-17-24(2)20(10-6-8-18-26-4)13-16-25(22,24)3;3*4-2-1-3-5/h19-22,26H,5-18H2,1-4H3;3*5H,1-4H2/t19?,20-,21?,22?,23?,24?,25?;;;/m0.../s1. The van der Waals surface area contributed by atoms with Crippen molar-refractivity contribution in [3.05, 3.63) is 0 Å². The fraction of sp³-hybridized carbons (Fsp3) is 1.00. The molecule has 6 unspecified atom stereocenters. The lowest BCUT2D eigenvalue weighted by Crippen LogP contribution is -2.57. The Morgan fingerprint density at radius 3 is 1.73 bits per heavy atom. The van der Waals surface area contributed by atoms with Gasteiger partial charge in [0.1, 0.15) is 0 Å². The summed E-state index contributed by atoms with van der Waals surface area (Å²) in [6.07, 6.45) is 21.8. The highest BCUT2D eigenvalue weighted by atomic mass is 16.3. The zero-order valence-electron chi connectivity index (χ0n) is 27.6. The van der Waals surface area contributed by atoms with Gasteiger partial charge in [0, 0.05) is 19.8 Å². The molecule has 0 amide bonds. The molecule has 4 rings (SSSR count). The third-order valence-corrected chi connectivity index (χ3v) is 11.9. The molecule has 0 heterocycles. The Labute approximate surface area is 254 Å². The van der Waals surface area contributed by atoms with Gasteiger partial charge in [-0.1, -0.05) is 40.0 Å². The van der Waals surface area contributed by atoms with Gasteiger partial charge in [0.25, 0.3) is 0 Å². The van der Waals surface area contributed by atoms with Crippen LogP contribution >= 0.6 is 0 Å². The average Bonchev–Trinajstić information content (AvgIpc) is 3.23. The van der Waals surface area contributed by atoms with Crippen LogP contribution in [0.15, 0.2) is 0 Å². The molecule has 0 aromatic carbocycles. The van der Waals surface area contributed by atoms with Crippen LogP contribution in [0.2, 0.25) is 0 Å². The van der Waals surface area contributed by atoms with Gasteiger partial charge in [-0.05, 0) is 157 Å². The Bertz CT molecular complexity index is 635. The predicted octanol–water partition coefficient (Wildman–Crippen LogP) is 4.80. The summed E-state index contributed by atoms with van der Waals surface area (Å²) in [5.41, 5.74) is 16.9. The van der Waals surface area contributed by atoms with E-state index < -0.39 is 0 Å². The number of aliphatic hydroxyl groups is 3. The van der Waals surface area contributed by atoms with Gasteiger partial charge < -0.3 is 37.8 Å². The third-order valence-electron chi connectivity index (χ3n) is 11.9. The molecule has 7 heteroatoms. The van der Waals surface area contributed by atoms with Crippen LogP contribution in [0.1, 0.15) is 124 Å². The Kier molecular flexibility index (Phi) is 19.5. The van der Waals surface area contributed by atoms with Gasteiger partial charge in [0.15, 0.2) is 0 Å². The number of unbranched alkanes of at least 4 members (excludes halogenated alkanes) is 1. The Morgan fingerprint density at radius 1 is 0.634 bits per heavy atom. The van der Waals surface area contributed by atoms with E-state index in [4.69, 9.17) is 32.5 Å². The molecule has 10 N–H and O–H groups in total. The van der Waals surface area contributed by atoms with E-state index in [1.54, 1.807) is 32.1 Å². The molecule has 7 atom stereocenters. The monoisotopic (exact) mass is 585 g/mol. The van der Waals surface area contributed by atoms with Crippen molar-refractivity contribution >= 4 is 0 Å². The quantitative estimate of drug-likeness (QED) is 0.172. The van der Waals surface area contributed by atoms with Crippen LogP contribution in [0.3, 0.4) is 0 Å². The van der Waals surface area contributed by atoms with Crippen LogP contribution in [-0.2, 0) is 0 Å². The second kappa shape index (κ2) is 20.6. The first-order chi connectivity index (χ1) is 19.7. The Hall–Kier alpha value is -0.280. The van der Waals surface area contributed by atoms with Gasteiger partial charge in [-0.25, -0.2) is 0 Å². The molecular weight excluding hydrogens is 512 g/mol. The van der Waals surface area contributed by atoms with Gasteiger partial charge in [0.2, 0.25) is 0 Å². The Morgan fingerprint density at radius 2 is 1.22 bits per heavy atom. The van der Waals surface area contributed by atoms with E-state index in [1.165, 1.54) is 57.9 Å². The minimum atomic E-state index is 0.219. The Balaban J connectivity index is 0.000000465. The van der Waals surface area contributed by atoms with Crippen molar-refractivity contribution in [3.8, 4) is 0 Å². The lowest BCUT2D eigenvalue weighted by molar-refractivity contribution is -0.153. The van der Waals surface area contributed by atoms with Crippen molar-refractivity contribution in [2.75, 3.05) is 53.0 Å². The number of fused-ring (bicyclic) bond motifs is 5. The zero-order valence-corrected chi connectivity index (χ0v) is 27.6. The largest absolute Gasteiger partial charge is 0.396 e. The zero-order chi connectivity index (χ0) is 30.8. The number of rotatable bonds is 11. The van der Waals surface area contributed by atoms with Crippen LogP contribution in [0, 0.1) is 39.9 Å². The number of aliphatic hydroxyl groups excluding tert-OH is 3. The molecule has 0 bridgehead atoms. The summed E-state index contributed by atoms with van der Waals surface area (Å²) in [5.74, 6) is 4.14. The normalized spacial score (nSPS) is 35.3. The van der Waals surface area contributed by atoms with Gasteiger partial charge in [-0.2, -0.15) is 0 Å². The molecule has 0 spiro atoms. The summed E-state index contributed by atoms with van der Waals surface area (Å²) in [4.78, 5) is 0. The van der Waals surface area contributed by atoms with Crippen molar-refractivity contribution in [2.45, 2.75) is 124 Å². The summed E-state index contributed by atoms with van der Waals surface area (Å²) in [5, 5.41) is 27.3. The maximum Gasteiger partial charge on any atom is 0.0443 e. The van der Waals surface area contributed by atoms with Gasteiger partial charge >= 0.3 is 0 Å². The van der Waals surface area contributed by atoms with Crippen LogP contribution in [0.4, 0.5) is 0 Å². The topological polar surface area (TPSA) is 151 Å². The highest BCUT2D eigenvalue weighted by Crippen LogP contribution is 2.73. The van der Waals surface area contributed by atoms with E-state index in [-0.39, 0.29) is 19.8 Å². The highest BCUT2D eigenvalue weighted by Gasteiger charge is 2.64. The maximum atomic E-state index is 7.99. The van der Waals surface area contributed by atoms with Gasteiger partial charge in [0.05, 0.1) is 0 Å². The molecule has 4 fully saturated rings. The molecule has 4 aliphatic rings. The number of nitrogens with one attached hydrogen (secondary N) is 1. The molecule has 41 heavy (non-hydrogen) atoms. The summed E-state index contributed by atoms with van der Waals surface area (Å²) < 4.78 is 0. The van der Waals surface area contributed by atoms with Crippen LogP contribution in [-0.4, -0.2) is 68.4 Å². The van der Waals surface area contributed by atoms with Gasteiger partial charge in [-0.3, -0.25) is 0 Å². The summed E-state index contributed by atoms with van der Waals surface area (Å²) >= 11 is 0. The molecule has 4 saturated carbocycles. The lowest BCUT2D eigenvalue weighted by atomic mass is 9.40. The predicted molar refractivity (Wildman–Crippen MR) is 175 cm³/mol. The minimum absolute atomic E-state index is 0.219. The molecule has 0 saturated heterocycles. The first-order valence-electron chi connectivity index (χ1n) is 17.3. The first kappa shape index (κ1) is 38.7.